The number of rotatable bonds is 1. The second-order valence-corrected chi connectivity index (χ2v) is 4.25. The van der Waals surface area contributed by atoms with Crippen molar-refractivity contribution in [3.8, 4) is 0 Å². The van der Waals surface area contributed by atoms with Gasteiger partial charge in [-0.15, -0.1) is 0 Å². The van der Waals surface area contributed by atoms with Gasteiger partial charge in [-0.25, -0.2) is 0 Å². The van der Waals surface area contributed by atoms with Crippen LogP contribution in [0.4, 0.5) is 0 Å². The summed E-state index contributed by atoms with van der Waals surface area (Å²) in [5.41, 5.74) is 0. The van der Waals surface area contributed by atoms with Gasteiger partial charge in [0.15, 0.2) is 0 Å². The molecule has 4 unspecified atom stereocenters. The Balaban J connectivity index is 2.20. The van der Waals surface area contributed by atoms with Gasteiger partial charge in [0.25, 0.3) is 0 Å². The smallest absolute Gasteiger partial charge is 0.0139 e. The second kappa shape index (κ2) is 3.08. The van der Waals surface area contributed by atoms with Crippen molar-refractivity contribution in [1.82, 2.24) is 0 Å². The molecule has 3 aliphatic rings. The highest BCUT2D eigenvalue weighted by molar-refractivity contribution is 5.12. The molecule has 0 aromatic heterocycles. The third-order valence-corrected chi connectivity index (χ3v) is 3.63. The van der Waals surface area contributed by atoms with Crippen LogP contribution in [0.15, 0.2) is 24.3 Å². The van der Waals surface area contributed by atoms with Gasteiger partial charge in [-0.1, -0.05) is 31.2 Å². The average molecular weight is 162 g/mol. The minimum absolute atomic E-state index is 0.832. The zero-order chi connectivity index (χ0) is 8.55. The monoisotopic (exact) mass is 162 g/mol. The molecule has 0 aromatic rings. The summed E-state index contributed by atoms with van der Waals surface area (Å²) in [7, 11) is 0. The van der Waals surface area contributed by atoms with Gasteiger partial charge in [-0.2, -0.15) is 0 Å². The zero-order valence-electron chi connectivity index (χ0n) is 8.03. The maximum Gasteiger partial charge on any atom is -0.0139 e. The van der Waals surface area contributed by atoms with Crippen LogP contribution in [0, 0.1) is 23.7 Å². The average Bonchev–Trinajstić information content (AvgIpc) is 2.12. The van der Waals surface area contributed by atoms with Crippen LogP contribution in [0.25, 0.3) is 0 Å². The third kappa shape index (κ3) is 1.14. The Morgan fingerprint density at radius 2 is 1.83 bits per heavy atom. The van der Waals surface area contributed by atoms with E-state index in [2.05, 4.69) is 38.2 Å². The van der Waals surface area contributed by atoms with Crippen LogP contribution < -0.4 is 0 Å². The zero-order valence-corrected chi connectivity index (χ0v) is 8.03. The van der Waals surface area contributed by atoms with Gasteiger partial charge >= 0.3 is 0 Å². The topological polar surface area (TPSA) is 0 Å². The highest BCUT2D eigenvalue weighted by Crippen LogP contribution is 2.44. The fourth-order valence-electron chi connectivity index (χ4n) is 2.84. The van der Waals surface area contributed by atoms with Gasteiger partial charge in [0.05, 0.1) is 0 Å². The maximum absolute atomic E-state index is 2.44. The standard InChI is InChI=1S/C12H18/c1-3-4-12-9(2)10-5-7-11(12)8-6-10/h3-5,7,9-12H,6,8H2,1-2H3. The van der Waals surface area contributed by atoms with E-state index in [0.717, 1.165) is 23.7 Å². The lowest BCUT2D eigenvalue weighted by Crippen LogP contribution is -2.33. The molecule has 0 amide bonds. The van der Waals surface area contributed by atoms with Crippen molar-refractivity contribution in [3.63, 3.8) is 0 Å². The number of hydrogen-bond donors (Lipinski definition) is 0. The summed E-state index contributed by atoms with van der Waals surface area (Å²) >= 11 is 0. The van der Waals surface area contributed by atoms with Crippen molar-refractivity contribution in [1.29, 1.82) is 0 Å². The Kier molecular flexibility index (Phi) is 2.08. The fraction of sp³-hybridized carbons (Fsp3) is 0.667. The predicted octanol–water partition coefficient (Wildman–Crippen LogP) is 3.41. The first-order valence-corrected chi connectivity index (χ1v) is 5.14. The summed E-state index contributed by atoms with van der Waals surface area (Å²) < 4.78 is 0. The number of fused-ring (bicyclic) bond motifs is 2. The molecule has 0 radical (unpaired) electrons. The summed E-state index contributed by atoms with van der Waals surface area (Å²) in [5.74, 6) is 3.43. The van der Waals surface area contributed by atoms with Crippen LogP contribution >= 0.6 is 0 Å². The Morgan fingerprint density at radius 1 is 1.17 bits per heavy atom. The van der Waals surface area contributed by atoms with Gasteiger partial charge in [0.1, 0.15) is 0 Å². The molecule has 66 valence electrons. The summed E-state index contributed by atoms with van der Waals surface area (Å²) in [6.07, 6.45) is 12.4. The van der Waals surface area contributed by atoms with E-state index in [1.165, 1.54) is 12.8 Å². The number of hydrogen-bond acceptors (Lipinski definition) is 0. The molecule has 2 bridgehead atoms. The van der Waals surface area contributed by atoms with E-state index in [1.807, 2.05) is 0 Å². The Morgan fingerprint density at radius 3 is 2.33 bits per heavy atom. The van der Waals surface area contributed by atoms with Crippen LogP contribution in [0.5, 0.6) is 0 Å². The molecular formula is C12H18. The first-order chi connectivity index (χ1) is 5.83. The van der Waals surface area contributed by atoms with Crippen LogP contribution in [0.3, 0.4) is 0 Å². The fourth-order valence-corrected chi connectivity index (χ4v) is 2.84. The molecule has 0 aromatic carbocycles. The second-order valence-electron chi connectivity index (χ2n) is 4.25. The van der Waals surface area contributed by atoms with Crippen molar-refractivity contribution in [3.05, 3.63) is 24.3 Å². The molecule has 0 aliphatic heterocycles. The van der Waals surface area contributed by atoms with E-state index in [9.17, 15) is 0 Å². The molecule has 3 rings (SSSR count). The van der Waals surface area contributed by atoms with E-state index < -0.39 is 0 Å². The van der Waals surface area contributed by atoms with Crippen LogP contribution in [-0.4, -0.2) is 0 Å². The van der Waals surface area contributed by atoms with Crippen LogP contribution in [-0.2, 0) is 0 Å². The molecule has 4 atom stereocenters. The molecule has 0 heteroatoms. The molecule has 1 fully saturated rings. The van der Waals surface area contributed by atoms with Gasteiger partial charge < -0.3 is 0 Å². The highest BCUT2D eigenvalue weighted by Gasteiger charge is 2.35. The summed E-state index contributed by atoms with van der Waals surface area (Å²) in [4.78, 5) is 0. The summed E-state index contributed by atoms with van der Waals surface area (Å²) in [6.45, 7) is 4.55. The normalized spacial score (nSPS) is 45.8. The minimum atomic E-state index is 0.832. The summed E-state index contributed by atoms with van der Waals surface area (Å²) in [5, 5.41) is 0. The maximum atomic E-state index is 2.44. The number of allylic oxidation sites excluding steroid dienone is 4. The van der Waals surface area contributed by atoms with E-state index in [4.69, 9.17) is 0 Å². The molecule has 0 heterocycles. The molecule has 0 saturated heterocycles. The van der Waals surface area contributed by atoms with Crippen molar-refractivity contribution < 1.29 is 0 Å². The molecule has 0 spiro atoms. The predicted molar refractivity (Wildman–Crippen MR) is 52.8 cm³/mol. The molecule has 0 N–H and O–H groups in total. The van der Waals surface area contributed by atoms with Crippen molar-refractivity contribution in [2.45, 2.75) is 26.7 Å². The van der Waals surface area contributed by atoms with E-state index in [1.54, 1.807) is 0 Å². The Bertz CT molecular complexity index is 212. The van der Waals surface area contributed by atoms with Gasteiger partial charge in [0, 0.05) is 0 Å². The minimum Gasteiger partial charge on any atom is -0.0914 e. The lowest BCUT2D eigenvalue weighted by Gasteiger charge is -2.42. The first-order valence-electron chi connectivity index (χ1n) is 5.14. The van der Waals surface area contributed by atoms with Crippen LogP contribution in [0.2, 0.25) is 0 Å². The van der Waals surface area contributed by atoms with Crippen molar-refractivity contribution in [2.24, 2.45) is 23.7 Å². The summed E-state index contributed by atoms with van der Waals surface area (Å²) in [6, 6.07) is 0. The Labute approximate surface area is 75.4 Å². The largest absolute Gasteiger partial charge is 0.0914 e. The molecule has 3 aliphatic carbocycles. The van der Waals surface area contributed by atoms with Crippen LogP contribution in [0.1, 0.15) is 26.7 Å². The molecule has 1 saturated carbocycles. The lowest BCUT2D eigenvalue weighted by atomic mass is 9.63. The SMILES string of the molecule is CC=CC1C2C=CC(CC2)C1C. The molecule has 12 heavy (non-hydrogen) atoms. The lowest BCUT2D eigenvalue weighted by molar-refractivity contribution is 0.174. The van der Waals surface area contributed by atoms with Crippen molar-refractivity contribution in [2.75, 3.05) is 0 Å². The van der Waals surface area contributed by atoms with Gasteiger partial charge in [0.2, 0.25) is 0 Å². The Hall–Kier alpha value is -0.520. The molecular weight excluding hydrogens is 144 g/mol. The third-order valence-electron chi connectivity index (χ3n) is 3.63. The van der Waals surface area contributed by atoms with E-state index in [-0.39, 0.29) is 0 Å². The first kappa shape index (κ1) is 8.10. The quantitative estimate of drug-likeness (QED) is 0.518. The van der Waals surface area contributed by atoms with Gasteiger partial charge in [-0.3, -0.25) is 0 Å². The van der Waals surface area contributed by atoms with Crippen molar-refractivity contribution >= 4 is 0 Å². The molecule has 0 nitrogen and oxygen atoms in total. The highest BCUT2D eigenvalue weighted by atomic mass is 14.4. The van der Waals surface area contributed by atoms with Gasteiger partial charge in [-0.05, 0) is 43.4 Å². The van der Waals surface area contributed by atoms with E-state index >= 15 is 0 Å². The van der Waals surface area contributed by atoms with E-state index in [0.29, 0.717) is 0 Å².